The first kappa shape index (κ1) is 43.5. The van der Waals surface area contributed by atoms with Crippen molar-refractivity contribution in [2.75, 3.05) is 6.61 Å². The first-order chi connectivity index (χ1) is 21.5. The molecule has 266 valence electrons. The minimum absolute atomic E-state index is 0.336. The second kappa shape index (κ2) is 35.4. The molecule has 0 radical (unpaired) electrons. The van der Waals surface area contributed by atoms with Crippen LogP contribution in [0, 0.1) is 0 Å². The lowest BCUT2D eigenvalue weighted by Crippen LogP contribution is -2.18. The molecule has 0 heterocycles. The average molecular weight is 663 g/mol. The lowest BCUT2D eigenvalue weighted by Gasteiger charge is -2.15. The lowest BCUT2D eigenvalue weighted by molar-refractivity contribution is -0.830. The molecule has 44 heavy (non-hydrogen) atoms. The molecule has 0 aliphatic carbocycles. The molecular weight excluding hydrogens is 600 g/mol. The van der Waals surface area contributed by atoms with Gasteiger partial charge >= 0.3 is 10.4 Å². The molecule has 0 aliphatic rings. The van der Waals surface area contributed by atoms with Gasteiger partial charge in [-0.25, -0.2) is 14.3 Å². The van der Waals surface area contributed by atoms with E-state index in [9.17, 15) is 8.42 Å². The van der Waals surface area contributed by atoms with Gasteiger partial charge in [0.1, 0.15) is 0 Å². The van der Waals surface area contributed by atoms with Crippen LogP contribution in [-0.2, 0) is 54.7 Å². The van der Waals surface area contributed by atoms with E-state index in [4.69, 9.17) is 14.0 Å². The molecule has 0 bridgehead atoms. The predicted octanol–water partition coefficient (Wildman–Crippen LogP) is 9.74. The van der Waals surface area contributed by atoms with Crippen LogP contribution >= 0.6 is 0 Å². The molecule has 1 atom stereocenters. The van der Waals surface area contributed by atoms with Gasteiger partial charge in [-0.2, -0.15) is 8.42 Å². The quantitative estimate of drug-likeness (QED) is 0.0279. The van der Waals surface area contributed by atoms with E-state index in [2.05, 4.69) is 47.1 Å². The Hall–Kier alpha value is -0.490. The molecule has 0 aromatic rings. The average Bonchev–Trinajstić information content (AvgIpc) is 2.99. The van der Waals surface area contributed by atoms with Crippen LogP contribution in [0.5, 0.6) is 0 Å². The first-order valence-electron chi connectivity index (χ1n) is 17.1. The number of hydrogen-bond acceptors (Lipinski definition) is 12. The van der Waals surface area contributed by atoms with E-state index in [1.165, 1.54) is 109 Å². The van der Waals surface area contributed by atoms with Gasteiger partial charge in [0.2, 0.25) is 0 Å². The van der Waals surface area contributed by atoms with Crippen LogP contribution in [0.2, 0.25) is 0 Å². The van der Waals surface area contributed by atoms with Crippen molar-refractivity contribution in [3.8, 4) is 0 Å². The van der Waals surface area contributed by atoms with E-state index in [-0.39, 0.29) is 0 Å². The Morgan fingerprint density at radius 1 is 0.477 bits per heavy atom. The highest BCUT2D eigenvalue weighted by atomic mass is 32.3. The van der Waals surface area contributed by atoms with Crippen LogP contribution in [0.3, 0.4) is 0 Å². The summed E-state index contributed by atoms with van der Waals surface area (Å²) in [7, 11) is -4.40. The molecule has 0 aromatic carbocycles. The van der Waals surface area contributed by atoms with Crippen LogP contribution in [0.1, 0.15) is 180 Å². The van der Waals surface area contributed by atoms with Gasteiger partial charge in [0.15, 0.2) is 0 Å². The molecule has 0 saturated heterocycles. The molecule has 0 aromatic heterocycles. The molecule has 0 rings (SSSR count). The summed E-state index contributed by atoms with van der Waals surface area (Å²) in [5.41, 5.74) is 0. The summed E-state index contributed by atoms with van der Waals surface area (Å²) in [6.07, 6.45) is 30.8. The molecule has 0 fully saturated rings. The molecule has 1 unspecified atom stereocenters. The maximum Gasteiger partial charge on any atom is 0.397 e. The Labute approximate surface area is 265 Å². The second-order valence-corrected chi connectivity index (χ2v) is 12.6. The number of hydrogen-bond donors (Lipinski definition) is 2. The maximum atomic E-state index is 11.3. The summed E-state index contributed by atoms with van der Waals surface area (Å²) in [6.45, 7) is 2.57. The fourth-order valence-corrected chi connectivity index (χ4v) is 5.75. The highest BCUT2D eigenvalue weighted by molar-refractivity contribution is 7.80. The van der Waals surface area contributed by atoms with Gasteiger partial charge in [0.25, 0.3) is 0 Å². The van der Waals surface area contributed by atoms with Crippen LogP contribution in [-0.4, -0.2) is 30.9 Å². The molecule has 0 amide bonds. The molecule has 0 aliphatic heterocycles. The van der Waals surface area contributed by atoms with E-state index >= 15 is 0 Å². The molecule has 0 spiro atoms. The van der Waals surface area contributed by atoms with Crippen molar-refractivity contribution in [1.82, 2.24) is 0 Å². The predicted molar refractivity (Wildman–Crippen MR) is 163 cm³/mol. The van der Waals surface area contributed by atoms with Gasteiger partial charge in [-0.15, -0.1) is 0 Å². The highest BCUT2D eigenvalue weighted by Gasteiger charge is 2.16. The van der Waals surface area contributed by atoms with Crippen LogP contribution in [0.25, 0.3) is 0 Å². The third-order valence-electron chi connectivity index (χ3n) is 7.61. The van der Waals surface area contributed by atoms with E-state index in [1.54, 1.807) is 0 Å². The molecular formula is C30H62O13S. The third kappa shape index (κ3) is 37.7. The maximum absolute atomic E-state index is 11.3. The van der Waals surface area contributed by atoms with Crippen molar-refractivity contribution < 1.29 is 62.6 Å². The van der Waals surface area contributed by atoms with Gasteiger partial charge in [-0.1, -0.05) is 161 Å². The minimum Gasteiger partial charge on any atom is -0.264 e. The molecule has 2 N–H and O–H groups in total. The van der Waals surface area contributed by atoms with E-state index < -0.39 is 16.5 Å². The zero-order valence-corrected chi connectivity index (χ0v) is 28.0. The van der Waals surface area contributed by atoms with Crippen LogP contribution in [0.4, 0.5) is 0 Å². The highest BCUT2D eigenvalue weighted by Crippen LogP contribution is 2.19. The van der Waals surface area contributed by atoms with Crippen LogP contribution in [0.15, 0.2) is 0 Å². The monoisotopic (exact) mass is 662 g/mol. The Bertz CT molecular complexity index is 655. The van der Waals surface area contributed by atoms with E-state index in [0.717, 1.165) is 51.4 Å². The SMILES string of the molecule is CCCCCCCCCCCCC(CCCCCCCCCCCCCCCCCOOOOOOOOO)OS(=O)(=O)O. The number of rotatable bonds is 38. The summed E-state index contributed by atoms with van der Waals surface area (Å²) < 4.78 is 36.7. The Morgan fingerprint density at radius 2 is 0.818 bits per heavy atom. The first-order valence-corrected chi connectivity index (χ1v) is 18.4. The standard InChI is InChI=1S/C30H62O13S/c1-2-3-4-5-6-7-15-18-21-24-27-30(36-44(32,33)34)28-25-22-19-16-13-11-9-8-10-12-14-17-20-23-26-29-35-38-40-42-43-41-39-37-31/h30-31H,2-29H2,1H3,(H,32,33,34). The van der Waals surface area contributed by atoms with Gasteiger partial charge in [-0.3, -0.25) is 4.55 Å². The van der Waals surface area contributed by atoms with Gasteiger partial charge < -0.3 is 0 Å². The van der Waals surface area contributed by atoms with E-state index in [0.29, 0.717) is 19.4 Å². The Balaban J connectivity index is 3.46. The summed E-state index contributed by atoms with van der Waals surface area (Å²) in [5, 5.41) is 33.4. The summed E-state index contributed by atoms with van der Waals surface area (Å²) in [6, 6.07) is 0. The second-order valence-electron chi connectivity index (χ2n) is 11.5. The molecule has 13 nitrogen and oxygen atoms in total. The van der Waals surface area contributed by atoms with Crippen LogP contribution < -0.4 is 0 Å². The Morgan fingerprint density at radius 3 is 1.20 bits per heavy atom. The van der Waals surface area contributed by atoms with Crippen molar-refractivity contribution in [2.45, 2.75) is 186 Å². The topological polar surface area (TPSA) is 158 Å². The Kier molecular flexibility index (Phi) is 35.0. The molecule has 0 saturated carbocycles. The zero-order chi connectivity index (χ0) is 32.2. The lowest BCUT2D eigenvalue weighted by atomic mass is 10.0. The summed E-state index contributed by atoms with van der Waals surface area (Å²) >= 11 is 0. The van der Waals surface area contributed by atoms with Gasteiger partial charge in [0, 0.05) is 0 Å². The fraction of sp³-hybridized carbons (Fsp3) is 1.00. The van der Waals surface area contributed by atoms with Gasteiger partial charge in [0.05, 0.1) is 12.7 Å². The zero-order valence-electron chi connectivity index (χ0n) is 27.2. The van der Waals surface area contributed by atoms with Crippen molar-refractivity contribution in [3.05, 3.63) is 0 Å². The van der Waals surface area contributed by atoms with Crippen molar-refractivity contribution >= 4 is 10.4 Å². The fourth-order valence-electron chi connectivity index (χ4n) is 5.21. The normalized spacial score (nSPS) is 12.7. The minimum atomic E-state index is -4.40. The van der Waals surface area contributed by atoms with Crippen molar-refractivity contribution in [3.63, 3.8) is 0 Å². The summed E-state index contributed by atoms with van der Waals surface area (Å²) in [5.74, 6) is 0. The van der Waals surface area contributed by atoms with Gasteiger partial charge in [-0.05, 0) is 54.5 Å². The van der Waals surface area contributed by atoms with E-state index in [1.807, 2.05) is 0 Å². The number of unbranched alkanes of at least 4 members (excludes halogenated alkanes) is 23. The summed E-state index contributed by atoms with van der Waals surface area (Å²) in [4.78, 5) is 4.68. The van der Waals surface area contributed by atoms with Crippen molar-refractivity contribution in [2.24, 2.45) is 0 Å². The third-order valence-corrected chi connectivity index (χ3v) is 8.12. The largest absolute Gasteiger partial charge is 0.397 e. The molecule has 14 heteroatoms. The smallest absolute Gasteiger partial charge is 0.264 e. The van der Waals surface area contributed by atoms with Crippen molar-refractivity contribution in [1.29, 1.82) is 0 Å².